The Balaban J connectivity index is 1.83. The highest BCUT2D eigenvalue weighted by atomic mass is 16.1. The zero-order valence-electron chi connectivity index (χ0n) is 16.2. The SMILES string of the molecule is Cc1cccc(Nc2nc(-c3cnn(CC(C)C)c3)cc3cc[nH]c(=O)c23)c1. The van der Waals surface area contributed by atoms with Crippen LogP contribution in [0.4, 0.5) is 11.5 Å². The number of nitrogens with one attached hydrogen (secondary N) is 2. The minimum Gasteiger partial charge on any atom is -0.340 e. The summed E-state index contributed by atoms with van der Waals surface area (Å²) in [6, 6.07) is 11.8. The van der Waals surface area contributed by atoms with Gasteiger partial charge in [-0.2, -0.15) is 5.10 Å². The van der Waals surface area contributed by atoms with Gasteiger partial charge in [0.15, 0.2) is 0 Å². The minimum absolute atomic E-state index is 0.165. The lowest BCUT2D eigenvalue weighted by atomic mass is 10.1. The standard InChI is InChI=1S/C22H23N5O/c1-14(2)12-27-13-17(11-24-27)19-10-16-7-8-23-22(28)20(16)21(26-19)25-18-6-4-5-15(3)9-18/h4-11,13-14H,12H2,1-3H3,(H,23,28)(H,25,26). The molecule has 0 fully saturated rings. The lowest BCUT2D eigenvalue weighted by molar-refractivity contribution is 0.483. The Labute approximate surface area is 163 Å². The normalized spacial score (nSPS) is 11.3. The van der Waals surface area contributed by atoms with E-state index in [0.717, 1.165) is 34.4 Å². The zero-order chi connectivity index (χ0) is 19.7. The Kier molecular flexibility index (Phi) is 4.69. The molecule has 1 aromatic carbocycles. The predicted octanol–water partition coefficient (Wildman–Crippen LogP) is 4.49. The van der Waals surface area contributed by atoms with E-state index in [9.17, 15) is 4.79 Å². The predicted molar refractivity (Wildman–Crippen MR) is 113 cm³/mol. The molecular weight excluding hydrogens is 350 g/mol. The molecule has 6 nitrogen and oxygen atoms in total. The van der Waals surface area contributed by atoms with Crippen molar-refractivity contribution in [2.24, 2.45) is 5.92 Å². The van der Waals surface area contributed by atoms with Crippen LogP contribution in [0.2, 0.25) is 0 Å². The van der Waals surface area contributed by atoms with Crippen molar-refractivity contribution in [2.45, 2.75) is 27.3 Å². The van der Waals surface area contributed by atoms with Crippen molar-refractivity contribution in [1.82, 2.24) is 19.7 Å². The van der Waals surface area contributed by atoms with E-state index in [2.05, 4.69) is 29.2 Å². The fourth-order valence-electron chi connectivity index (χ4n) is 3.28. The first-order chi connectivity index (χ1) is 13.5. The van der Waals surface area contributed by atoms with Gasteiger partial charge in [0, 0.05) is 30.2 Å². The molecule has 3 aromatic heterocycles. The average Bonchev–Trinajstić information content (AvgIpc) is 3.09. The van der Waals surface area contributed by atoms with Gasteiger partial charge in [0.2, 0.25) is 0 Å². The Hall–Kier alpha value is -3.41. The first-order valence-corrected chi connectivity index (χ1v) is 9.38. The van der Waals surface area contributed by atoms with Crippen LogP contribution < -0.4 is 10.9 Å². The monoisotopic (exact) mass is 373 g/mol. The van der Waals surface area contributed by atoms with Gasteiger partial charge >= 0.3 is 0 Å². The summed E-state index contributed by atoms with van der Waals surface area (Å²) in [4.78, 5) is 20.0. The van der Waals surface area contributed by atoms with Gasteiger partial charge in [-0.3, -0.25) is 9.48 Å². The molecule has 0 atom stereocenters. The van der Waals surface area contributed by atoms with Crippen molar-refractivity contribution in [3.05, 3.63) is 70.9 Å². The zero-order valence-corrected chi connectivity index (χ0v) is 16.2. The van der Waals surface area contributed by atoms with E-state index < -0.39 is 0 Å². The number of anilines is 2. The van der Waals surface area contributed by atoms with Crippen molar-refractivity contribution in [3.8, 4) is 11.3 Å². The molecule has 0 aliphatic heterocycles. The molecule has 0 aliphatic rings. The summed E-state index contributed by atoms with van der Waals surface area (Å²) in [6.45, 7) is 7.20. The minimum atomic E-state index is -0.165. The highest BCUT2D eigenvalue weighted by molar-refractivity contribution is 5.95. The molecule has 0 saturated carbocycles. The summed E-state index contributed by atoms with van der Waals surface area (Å²) in [5.74, 6) is 1.05. The Bertz CT molecular complexity index is 1190. The number of aromatic nitrogens is 4. The number of nitrogens with zero attached hydrogens (tertiary/aromatic N) is 3. The van der Waals surface area contributed by atoms with Crippen LogP contribution in [0.3, 0.4) is 0 Å². The first kappa shape index (κ1) is 18.0. The lowest BCUT2D eigenvalue weighted by Gasteiger charge is -2.11. The number of H-pyrrole nitrogens is 1. The number of pyridine rings is 2. The van der Waals surface area contributed by atoms with Gasteiger partial charge in [0.1, 0.15) is 5.82 Å². The summed E-state index contributed by atoms with van der Waals surface area (Å²) in [6.07, 6.45) is 5.48. The van der Waals surface area contributed by atoms with E-state index in [4.69, 9.17) is 4.98 Å². The highest BCUT2D eigenvalue weighted by Gasteiger charge is 2.13. The third-order valence-corrected chi connectivity index (χ3v) is 4.52. The fraction of sp³-hybridized carbons (Fsp3) is 0.227. The van der Waals surface area contributed by atoms with Gasteiger partial charge in [-0.1, -0.05) is 26.0 Å². The number of aromatic amines is 1. The lowest BCUT2D eigenvalue weighted by Crippen LogP contribution is -2.09. The summed E-state index contributed by atoms with van der Waals surface area (Å²) in [5, 5.41) is 9.14. The van der Waals surface area contributed by atoms with Gasteiger partial charge in [0.05, 0.1) is 17.3 Å². The topological polar surface area (TPSA) is 75.6 Å². The summed E-state index contributed by atoms with van der Waals surface area (Å²) in [7, 11) is 0. The molecule has 28 heavy (non-hydrogen) atoms. The molecule has 2 N–H and O–H groups in total. The second-order valence-electron chi connectivity index (χ2n) is 7.47. The molecular formula is C22H23N5O. The van der Waals surface area contributed by atoms with Crippen molar-refractivity contribution >= 4 is 22.3 Å². The largest absolute Gasteiger partial charge is 0.340 e. The number of hydrogen-bond donors (Lipinski definition) is 2. The fourth-order valence-corrected chi connectivity index (χ4v) is 3.28. The third kappa shape index (κ3) is 3.67. The quantitative estimate of drug-likeness (QED) is 0.540. The second kappa shape index (κ2) is 7.31. The maximum absolute atomic E-state index is 12.5. The second-order valence-corrected chi connectivity index (χ2v) is 7.47. The molecule has 0 unspecified atom stereocenters. The Morgan fingerprint density at radius 3 is 2.86 bits per heavy atom. The molecule has 4 aromatic rings. The molecule has 0 radical (unpaired) electrons. The van der Waals surface area contributed by atoms with Crippen LogP contribution in [0.1, 0.15) is 19.4 Å². The number of aryl methyl sites for hydroxylation is 1. The maximum Gasteiger partial charge on any atom is 0.259 e. The van der Waals surface area contributed by atoms with Crippen LogP contribution in [0.5, 0.6) is 0 Å². The van der Waals surface area contributed by atoms with Gasteiger partial charge in [-0.05, 0) is 48.1 Å². The number of rotatable bonds is 5. The smallest absolute Gasteiger partial charge is 0.259 e. The van der Waals surface area contributed by atoms with Crippen molar-refractivity contribution in [1.29, 1.82) is 0 Å². The molecule has 0 bridgehead atoms. The maximum atomic E-state index is 12.5. The summed E-state index contributed by atoms with van der Waals surface area (Å²) in [5.41, 5.74) is 3.57. The van der Waals surface area contributed by atoms with Crippen molar-refractivity contribution in [3.63, 3.8) is 0 Å². The Morgan fingerprint density at radius 1 is 1.21 bits per heavy atom. The van der Waals surface area contributed by atoms with E-state index in [1.807, 2.05) is 60.4 Å². The van der Waals surface area contributed by atoms with E-state index in [1.54, 1.807) is 6.20 Å². The van der Waals surface area contributed by atoms with Crippen molar-refractivity contribution in [2.75, 3.05) is 5.32 Å². The van der Waals surface area contributed by atoms with Crippen LogP contribution in [0.15, 0.2) is 59.8 Å². The van der Waals surface area contributed by atoms with Gasteiger partial charge in [-0.15, -0.1) is 0 Å². The van der Waals surface area contributed by atoms with E-state index in [-0.39, 0.29) is 5.56 Å². The number of hydrogen-bond acceptors (Lipinski definition) is 4. The van der Waals surface area contributed by atoms with E-state index in [0.29, 0.717) is 17.1 Å². The average molecular weight is 373 g/mol. The van der Waals surface area contributed by atoms with Crippen molar-refractivity contribution < 1.29 is 0 Å². The molecule has 0 saturated heterocycles. The molecule has 6 heteroatoms. The van der Waals surface area contributed by atoms with Crippen LogP contribution in [0, 0.1) is 12.8 Å². The molecule has 4 rings (SSSR count). The molecule has 0 aliphatic carbocycles. The first-order valence-electron chi connectivity index (χ1n) is 9.38. The van der Waals surface area contributed by atoms with Crippen LogP contribution in [-0.2, 0) is 6.54 Å². The number of benzene rings is 1. The molecule has 142 valence electrons. The molecule has 0 spiro atoms. The van der Waals surface area contributed by atoms with Gasteiger partial charge < -0.3 is 10.3 Å². The summed E-state index contributed by atoms with van der Waals surface area (Å²) >= 11 is 0. The highest BCUT2D eigenvalue weighted by Crippen LogP contribution is 2.28. The van der Waals surface area contributed by atoms with Crippen LogP contribution >= 0.6 is 0 Å². The van der Waals surface area contributed by atoms with E-state index in [1.165, 1.54) is 0 Å². The van der Waals surface area contributed by atoms with Crippen LogP contribution in [0.25, 0.3) is 22.0 Å². The summed E-state index contributed by atoms with van der Waals surface area (Å²) < 4.78 is 1.93. The van der Waals surface area contributed by atoms with E-state index >= 15 is 0 Å². The van der Waals surface area contributed by atoms with Gasteiger partial charge in [0.25, 0.3) is 5.56 Å². The van der Waals surface area contributed by atoms with Crippen LogP contribution in [-0.4, -0.2) is 19.7 Å². The van der Waals surface area contributed by atoms with Gasteiger partial charge in [-0.25, -0.2) is 4.98 Å². The molecule has 0 amide bonds. The third-order valence-electron chi connectivity index (χ3n) is 4.52. The number of fused-ring (bicyclic) bond motifs is 1. The Morgan fingerprint density at radius 2 is 2.07 bits per heavy atom. The molecule has 3 heterocycles.